The number of alkyl carbamates (subject to hydrolysis) is 1. The van der Waals surface area contributed by atoms with Crippen LogP contribution in [0.3, 0.4) is 0 Å². The van der Waals surface area contributed by atoms with E-state index >= 15 is 0 Å². The molecule has 1 aromatic carbocycles. The molecule has 1 atom stereocenters. The third-order valence-corrected chi connectivity index (χ3v) is 3.21. The molecule has 0 unspecified atom stereocenters. The van der Waals surface area contributed by atoms with Crippen molar-refractivity contribution in [1.82, 2.24) is 5.32 Å². The van der Waals surface area contributed by atoms with Crippen LogP contribution in [0.2, 0.25) is 0 Å². The van der Waals surface area contributed by atoms with Crippen molar-refractivity contribution in [2.75, 3.05) is 26.9 Å². The molecule has 0 radical (unpaired) electrons. The molecule has 22 heavy (non-hydrogen) atoms. The van der Waals surface area contributed by atoms with Gasteiger partial charge in [-0.1, -0.05) is 28.1 Å². The Morgan fingerprint density at radius 3 is 2.41 bits per heavy atom. The minimum absolute atomic E-state index is 0.278. The fourth-order valence-electron chi connectivity index (χ4n) is 1.71. The lowest BCUT2D eigenvalue weighted by atomic mass is 10.1. The van der Waals surface area contributed by atoms with Gasteiger partial charge >= 0.3 is 6.09 Å². The van der Waals surface area contributed by atoms with Crippen LogP contribution in [0.4, 0.5) is 4.79 Å². The SMILES string of the molecule is COCCOC[C@H](NC(=O)OC(C)(C)C)c1ccc(Br)cc1. The Labute approximate surface area is 140 Å². The van der Waals surface area contributed by atoms with E-state index in [1.165, 1.54) is 0 Å². The van der Waals surface area contributed by atoms with Gasteiger partial charge in [-0.3, -0.25) is 0 Å². The van der Waals surface area contributed by atoms with Crippen LogP contribution in [-0.4, -0.2) is 38.6 Å². The highest BCUT2D eigenvalue weighted by Gasteiger charge is 2.20. The van der Waals surface area contributed by atoms with E-state index in [-0.39, 0.29) is 6.04 Å². The van der Waals surface area contributed by atoms with E-state index in [1.807, 2.05) is 45.0 Å². The first kappa shape index (κ1) is 18.9. The smallest absolute Gasteiger partial charge is 0.408 e. The van der Waals surface area contributed by atoms with Gasteiger partial charge in [0.25, 0.3) is 0 Å². The van der Waals surface area contributed by atoms with Crippen LogP contribution < -0.4 is 5.32 Å². The molecular formula is C16H24BrNO4. The predicted molar refractivity (Wildman–Crippen MR) is 88.9 cm³/mol. The summed E-state index contributed by atoms with van der Waals surface area (Å²) in [4.78, 5) is 12.0. The third-order valence-electron chi connectivity index (χ3n) is 2.68. The quantitative estimate of drug-likeness (QED) is 0.740. The molecule has 0 aliphatic rings. The molecular weight excluding hydrogens is 350 g/mol. The first-order valence-corrected chi connectivity index (χ1v) is 7.93. The Bertz CT molecular complexity index is 456. The number of carbonyl (C=O) groups is 1. The molecule has 0 aliphatic carbocycles. The van der Waals surface area contributed by atoms with E-state index in [1.54, 1.807) is 7.11 Å². The monoisotopic (exact) mass is 373 g/mol. The summed E-state index contributed by atoms with van der Waals surface area (Å²) in [5, 5.41) is 2.84. The Hall–Kier alpha value is -1.11. The number of benzene rings is 1. The lowest BCUT2D eigenvalue weighted by Gasteiger charge is -2.24. The molecule has 0 bridgehead atoms. The maximum atomic E-state index is 12.0. The molecule has 0 aromatic heterocycles. The lowest BCUT2D eigenvalue weighted by Crippen LogP contribution is -2.36. The topological polar surface area (TPSA) is 56.8 Å². The molecule has 0 aliphatic heterocycles. The van der Waals surface area contributed by atoms with Gasteiger partial charge in [0, 0.05) is 11.6 Å². The second-order valence-corrected chi connectivity index (χ2v) is 6.73. The molecule has 1 aromatic rings. The largest absolute Gasteiger partial charge is 0.444 e. The zero-order valence-corrected chi connectivity index (χ0v) is 15.1. The van der Waals surface area contributed by atoms with Crippen molar-refractivity contribution in [2.24, 2.45) is 0 Å². The summed E-state index contributed by atoms with van der Waals surface area (Å²) in [5.41, 5.74) is 0.414. The van der Waals surface area contributed by atoms with Crippen LogP contribution in [0.5, 0.6) is 0 Å². The predicted octanol–water partition coefficient (Wildman–Crippen LogP) is 3.68. The highest BCUT2D eigenvalue weighted by Crippen LogP contribution is 2.18. The van der Waals surface area contributed by atoms with E-state index in [2.05, 4.69) is 21.2 Å². The van der Waals surface area contributed by atoms with Crippen molar-refractivity contribution >= 4 is 22.0 Å². The fraction of sp³-hybridized carbons (Fsp3) is 0.562. The average molecular weight is 374 g/mol. The van der Waals surface area contributed by atoms with Crippen molar-refractivity contribution in [2.45, 2.75) is 32.4 Å². The standard InChI is InChI=1S/C16H24BrNO4/c1-16(2,3)22-15(19)18-14(11-21-10-9-20-4)12-5-7-13(17)8-6-12/h5-8,14H,9-11H2,1-4H3,(H,18,19)/t14-/m0/s1. The molecule has 124 valence electrons. The molecule has 1 rings (SSSR count). The minimum Gasteiger partial charge on any atom is -0.444 e. The van der Waals surface area contributed by atoms with Crippen molar-refractivity contribution < 1.29 is 19.0 Å². The Morgan fingerprint density at radius 2 is 1.86 bits per heavy atom. The van der Waals surface area contributed by atoms with Gasteiger partial charge in [-0.15, -0.1) is 0 Å². The molecule has 1 N–H and O–H groups in total. The van der Waals surface area contributed by atoms with E-state index in [0.717, 1.165) is 10.0 Å². The number of nitrogens with one attached hydrogen (secondary N) is 1. The van der Waals surface area contributed by atoms with Crippen LogP contribution in [0, 0.1) is 0 Å². The second-order valence-electron chi connectivity index (χ2n) is 5.82. The number of rotatable bonds is 7. The van der Waals surface area contributed by atoms with E-state index in [4.69, 9.17) is 14.2 Å². The zero-order chi connectivity index (χ0) is 16.6. The first-order valence-electron chi connectivity index (χ1n) is 7.13. The number of amides is 1. The molecule has 0 spiro atoms. The lowest BCUT2D eigenvalue weighted by molar-refractivity contribution is 0.0370. The molecule has 5 nitrogen and oxygen atoms in total. The van der Waals surface area contributed by atoms with Gasteiger partial charge in [0.05, 0.1) is 25.9 Å². The number of halogens is 1. The van der Waals surface area contributed by atoms with Crippen LogP contribution >= 0.6 is 15.9 Å². The minimum atomic E-state index is -0.536. The zero-order valence-electron chi connectivity index (χ0n) is 13.5. The molecule has 6 heteroatoms. The molecule has 0 heterocycles. The summed E-state index contributed by atoms with van der Waals surface area (Å²) in [5.74, 6) is 0. The summed E-state index contributed by atoms with van der Waals surface area (Å²) >= 11 is 3.40. The summed E-state index contributed by atoms with van der Waals surface area (Å²) in [7, 11) is 1.62. The maximum absolute atomic E-state index is 12.0. The Morgan fingerprint density at radius 1 is 1.23 bits per heavy atom. The first-order chi connectivity index (χ1) is 10.3. The number of carbonyl (C=O) groups excluding carboxylic acids is 1. The normalized spacial score (nSPS) is 12.8. The second kappa shape index (κ2) is 9.12. The fourth-order valence-corrected chi connectivity index (χ4v) is 1.97. The third kappa shape index (κ3) is 7.77. The van der Waals surface area contributed by atoms with E-state index in [0.29, 0.717) is 19.8 Å². The van der Waals surface area contributed by atoms with E-state index in [9.17, 15) is 4.79 Å². The van der Waals surface area contributed by atoms with Gasteiger partial charge in [0.1, 0.15) is 5.60 Å². The number of hydrogen-bond donors (Lipinski definition) is 1. The summed E-state index contributed by atoms with van der Waals surface area (Å²) < 4.78 is 16.8. The van der Waals surface area contributed by atoms with Gasteiger partial charge in [-0.05, 0) is 38.5 Å². The van der Waals surface area contributed by atoms with E-state index < -0.39 is 11.7 Å². The summed E-state index contributed by atoms with van der Waals surface area (Å²) in [6, 6.07) is 7.44. The van der Waals surface area contributed by atoms with Crippen molar-refractivity contribution in [3.63, 3.8) is 0 Å². The van der Waals surface area contributed by atoms with Gasteiger partial charge in [-0.2, -0.15) is 0 Å². The van der Waals surface area contributed by atoms with Crippen molar-refractivity contribution in [3.05, 3.63) is 34.3 Å². The van der Waals surface area contributed by atoms with Gasteiger partial charge in [0.15, 0.2) is 0 Å². The van der Waals surface area contributed by atoms with Crippen LogP contribution in [0.15, 0.2) is 28.7 Å². The van der Waals surface area contributed by atoms with Crippen LogP contribution in [0.1, 0.15) is 32.4 Å². The highest BCUT2D eigenvalue weighted by molar-refractivity contribution is 9.10. The van der Waals surface area contributed by atoms with Gasteiger partial charge in [-0.25, -0.2) is 4.79 Å². The molecule has 0 fully saturated rings. The van der Waals surface area contributed by atoms with Crippen LogP contribution in [0.25, 0.3) is 0 Å². The Kier molecular flexibility index (Phi) is 7.85. The molecule has 1 amide bonds. The van der Waals surface area contributed by atoms with Crippen molar-refractivity contribution in [3.8, 4) is 0 Å². The molecule has 0 saturated heterocycles. The summed E-state index contributed by atoms with van der Waals surface area (Å²) in [6.45, 7) is 6.83. The van der Waals surface area contributed by atoms with Crippen molar-refractivity contribution in [1.29, 1.82) is 0 Å². The number of hydrogen-bond acceptors (Lipinski definition) is 4. The van der Waals surface area contributed by atoms with Gasteiger partial charge < -0.3 is 19.5 Å². The average Bonchev–Trinajstić information content (AvgIpc) is 2.41. The Balaban J connectivity index is 2.69. The number of methoxy groups -OCH3 is 1. The molecule has 0 saturated carbocycles. The highest BCUT2D eigenvalue weighted by atomic mass is 79.9. The van der Waals surface area contributed by atoms with Gasteiger partial charge in [0.2, 0.25) is 0 Å². The van der Waals surface area contributed by atoms with Crippen LogP contribution in [-0.2, 0) is 14.2 Å². The number of ether oxygens (including phenoxy) is 3. The maximum Gasteiger partial charge on any atom is 0.408 e. The summed E-state index contributed by atoms with van der Waals surface area (Å²) in [6.07, 6.45) is -0.462.